The highest BCUT2D eigenvalue weighted by molar-refractivity contribution is 9.13. The Morgan fingerprint density at radius 3 is 2.35 bits per heavy atom. The van der Waals surface area contributed by atoms with E-state index in [9.17, 15) is 9.90 Å². The van der Waals surface area contributed by atoms with Crippen molar-refractivity contribution in [3.8, 4) is 11.5 Å². The molecule has 7 heteroatoms. The lowest BCUT2D eigenvalue weighted by Gasteiger charge is -2.30. The Labute approximate surface area is 134 Å². The second-order valence-corrected chi connectivity index (χ2v) is 6.42. The van der Waals surface area contributed by atoms with E-state index in [1.54, 1.807) is 19.9 Å². The number of nitrogens with two attached hydrogens (primary N) is 1. The summed E-state index contributed by atoms with van der Waals surface area (Å²) in [7, 11) is 2.76. The number of aromatic hydroxyl groups is 1. The summed E-state index contributed by atoms with van der Waals surface area (Å²) in [5.41, 5.74) is 5.90. The lowest BCUT2D eigenvalue weighted by molar-refractivity contribution is -0.152. The number of hydrogen-bond donors (Lipinski definition) is 2. The zero-order valence-corrected chi connectivity index (χ0v) is 14.8. The van der Waals surface area contributed by atoms with Crippen molar-refractivity contribution < 1.29 is 19.4 Å². The molecule has 0 aromatic heterocycles. The fourth-order valence-electron chi connectivity index (χ4n) is 1.77. The first-order chi connectivity index (χ1) is 9.18. The molecule has 20 heavy (non-hydrogen) atoms. The molecular formula is C13H17Br2NO4. The molecule has 5 nitrogen and oxygen atoms in total. The largest absolute Gasteiger partial charge is 0.503 e. The third-order valence-electron chi connectivity index (χ3n) is 3.22. The molecule has 0 aliphatic rings. The Hall–Kier alpha value is -0.790. The maximum Gasteiger partial charge on any atom is 0.313 e. The molecule has 1 aromatic carbocycles. The second kappa shape index (κ2) is 6.32. The molecule has 0 spiro atoms. The molecule has 0 aliphatic carbocycles. The van der Waals surface area contributed by atoms with Gasteiger partial charge in [-0.3, -0.25) is 4.79 Å². The van der Waals surface area contributed by atoms with Crippen LogP contribution in [0.1, 0.15) is 25.5 Å². The molecule has 1 rings (SSSR count). The summed E-state index contributed by atoms with van der Waals surface area (Å²) in [6.07, 6.45) is 0. The van der Waals surface area contributed by atoms with Crippen LogP contribution in [0.15, 0.2) is 15.0 Å². The first kappa shape index (κ1) is 17.3. The highest BCUT2D eigenvalue weighted by atomic mass is 79.9. The third-order valence-corrected chi connectivity index (χ3v) is 5.38. The maximum atomic E-state index is 11.9. The van der Waals surface area contributed by atoms with Gasteiger partial charge in [-0.15, -0.1) is 0 Å². The van der Waals surface area contributed by atoms with Crippen LogP contribution >= 0.6 is 31.9 Å². The molecule has 0 fully saturated rings. The van der Waals surface area contributed by atoms with Crippen LogP contribution < -0.4 is 10.5 Å². The number of methoxy groups -OCH3 is 2. The predicted molar refractivity (Wildman–Crippen MR) is 82.8 cm³/mol. The molecule has 0 heterocycles. The number of carbonyl (C=O) groups excluding carboxylic acids is 1. The van der Waals surface area contributed by atoms with Gasteiger partial charge in [0, 0.05) is 10.5 Å². The highest BCUT2D eigenvalue weighted by Gasteiger charge is 2.38. The number of esters is 1. The topological polar surface area (TPSA) is 81.8 Å². The summed E-state index contributed by atoms with van der Waals surface area (Å²) >= 11 is 6.63. The van der Waals surface area contributed by atoms with Crippen molar-refractivity contribution in [2.75, 3.05) is 14.2 Å². The van der Waals surface area contributed by atoms with Crippen molar-refractivity contribution in [2.45, 2.75) is 19.9 Å². The summed E-state index contributed by atoms with van der Waals surface area (Å²) in [6, 6.07) is 0.953. The van der Waals surface area contributed by atoms with E-state index >= 15 is 0 Å². The van der Waals surface area contributed by atoms with E-state index in [1.165, 1.54) is 14.2 Å². The Kier molecular flexibility index (Phi) is 5.46. The van der Waals surface area contributed by atoms with Crippen LogP contribution in [0.2, 0.25) is 0 Å². The van der Waals surface area contributed by atoms with Crippen LogP contribution in [-0.4, -0.2) is 25.3 Å². The van der Waals surface area contributed by atoms with E-state index in [2.05, 4.69) is 31.9 Å². The van der Waals surface area contributed by atoms with Gasteiger partial charge in [0.1, 0.15) is 0 Å². The zero-order chi connectivity index (χ0) is 15.7. The van der Waals surface area contributed by atoms with E-state index in [1.807, 2.05) is 0 Å². The van der Waals surface area contributed by atoms with Crippen molar-refractivity contribution in [3.63, 3.8) is 0 Å². The minimum Gasteiger partial charge on any atom is -0.503 e. The van der Waals surface area contributed by atoms with Crippen LogP contribution in [0.3, 0.4) is 0 Å². The lowest BCUT2D eigenvalue weighted by Crippen LogP contribution is -2.37. The minimum atomic E-state index is -0.932. The maximum absolute atomic E-state index is 11.9. The Morgan fingerprint density at radius 1 is 1.35 bits per heavy atom. The van der Waals surface area contributed by atoms with Gasteiger partial charge in [-0.25, -0.2) is 0 Å². The molecular weight excluding hydrogens is 394 g/mol. The van der Waals surface area contributed by atoms with Crippen molar-refractivity contribution >= 4 is 37.8 Å². The van der Waals surface area contributed by atoms with E-state index in [0.29, 0.717) is 14.5 Å². The van der Waals surface area contributed by atoms with Crippen molar-refractivity contribution in [1.82, 2.24) is 0 Å². The molecule has 0 bridgehead atoms. The van der Waals surface area contributed by atoms with Crippen LogP contribution in [0.5, 0.6) is 11.5 Å². The Morgan fingerprint density at radius 2 is 1.90 bits per heavy atom. The number of halogens is 2. The third kappa shape index (κ3) is 2.94. The summed E-state index contributed by atoms with van der Waals surface area (Å²) in [6.45, 7) is 3.40. The minimum absolute atomic E-state index is 0.0359. The molecule has 0 saturated heterocycles. The molecule has 1 atom stereocenters. The first-order valence-electron chi connectivity index (χ1n) is 5.77. The molecule has 1 aromatic rings. The van der Waals surface area contributed by atoms with Crippen molar-refractivity contribution in [3.05, 3.63) is 20.6 Å². The molecule has 0 aliphatic heterocycles. The fourth-order valence-corrected chi connectivity index (χ4v) is 2.75. The SMILES string of the molecule is COC(=O)C(C)(C)[C@@H](N)c1cc(OC)c(O)c(Br)c1Br. The summed E-state index contributed by atoms with van der Waals surface area (Å²) < 4.78 is 10.9. The van der Waals surface area contributed by atoms with Crippen LogP contribution in [-0.2, 0) is 9.53 Å². The number of hydrogen-bond acceptors (Lipinski definition) is 5. The summed E-state index contributed by atoms with van der Waals surface area (Å²) in [5, 5.41) is 9.91. The van der Waals surface area contributed by atoms with Crippen LogP contribution in [0.4, 0.5) is 0 Å². The Balaban J connectivity index is 3.40. The molecule has 3 N–H and O–H groups in total. The van der Waals surface area contributed by atoms with Gasteiger partial charge >= 0.3 is 5.97 Å². The second-order valence-electron chi connectivity index (χ2n) is 4.84. The van der Waals surface area contributed by atoms with Crippen molar-refractivity contribution in [2.24, 2.45) is 11.1 Å². The van der Waals surface area contributed by atoms with Gasteiger partial charge < -0.3 is 20.3 Å². The normalized spacial score (nSPS) is 12.9. The number of carbonyl (C=O) groups is 1. The lowest BCUT2D eigenvalue weighted by atomic mass is 9.81. The smallest absolute Gasteiger partial charge is 0.313 e. The van der Waals surface area contributed by atoms with Gasteiger partial charge in [-0.05, 0) is 57.3 Å². The number of phenolic OH excluding ortho intramolecular Hbond substituents is 1. The number of benzene rings is 1. The van der Waals surface area contributed by atoms with E-state index in [4.69, 9.17) is 15.2 Å². The molecule has 0 saturated carbocycles. The average molecular weight is 411 g/mol. The molecule has 112 valence electrons. The van der Waals surface area contributed by atoms with Gasteiger partial charge in [0.2, 0.25) is 0 Å². The van der Waals surface area contributed by atoms with Crippen LogP contribution in [0, 0.1) is 5.41 Å². The average Bonchev–Trinajstić information content (AvgIpc) is 2.43. The number of rotatable bonds is 4. The highest BCUT2D eigenvalue weighted by Crippen LogP contribution is 2.46. The number of phenols is 1. The summed E-state index contributed by atoms with van der Waals surface area (Å²) in [5.74, 6) is -0.183. The Bertz CT molecular complexity index is 532. The van der Waals surface area contributed by atoms with E-state index in [0.717, 1.165) is 0 Å². The predicted octanol–water partition coefficient (Wildman–Crippen LogP) is 3.12. The molecule has 0 radical (unpaired) electrons. The quantitative estimate of drug-likeness (QED) is 0.745. The molecule has 0 unspecified atom stereocenters. The van der Waals surface area contributed by atoms with Crippen LogP contribution in [0.25, 0.3) is 0 Å². The van der Waals surface area contributed by atoms with Gasteiger partial charge in [-0.2, -0.15) is 0 Å². The van der Waals surface area contributed by atoms with E-state index < -0.39 is 17.4 Å². The van der Waals surface area contributed by atoms with E-state index in [-0.39, 0.29) is 11.5 Å². The standard InChI is InChI=1S/C13H17Br2NO4/c1-13(2,12(18)20-4)11(16)6-5-7(19-3)10(17)9(15)8(6)14/h5,11,17H,16H2,1-4H3/t11-/m0/s1. The van der Waals surface area contributed by atoms with Gasteiger partial charge in [0.25, 0.3) is 0 Å². The van der Waals surface area contributed by atoms with Crippen molar-refractivity contribution in [1.29, 1.82) is 0 Å². The summed E-state index contributed by atoms with van der Waals surface area (Å²) in [4.78, 5) is 11.9. The van der Waals surface area contributed by atoms with Gasteiger partial charge in [0.15, 0.2) is 11.5 Å². The first-order valence-corrected chi connectivity index (χ1v) is 7.35. The fraction of sp³-hybridized carbons (Fsp3) is 0.462. The molecule has 0 amide bonds. The van der Waals surface area contributed by atoms with Gasteiger partial charge in [0.05, 0.1) is 24.1 Å². The monoisotopic (exact) mass is 409 g/mol. The zero-order valence-electron chi connectivity index (χ0n) is 11.7. The number of ether oxygens (including phenoxy) is 2. The van der Waals surface area contributed by atoms with Gasteiger partial charge in [-0.1, -0.05) is 0 Å².